The van der Waals surface area contributed by atoms with Crippen LogP contribution in [0.15, 0.2) is 24.3 Å². The highest BCUT2D eigenvalue weighted by atomic mass is 32.2. The van der Waals surface area contributed by atoms with Gasteiger partial charge in [-0.15, -0.1) is 0 Å². The van der Waals surface area contributed by atoms with Crippen LogP contribution in [0, 0.1) is 6.92 Å². The van der Waals surface area contributed by atoms with E-state index in [9.17, 15) is 8.42 Å². The third-order valence-corrected chi connectivity index (χ3v) is 3.86. The Balaban J connectivity index is 2.37. The molecule has 0 unspecified atom stereocenters. The zero-order chi connectivity index (χ0) is 12.7. The lowest BCUT2D eigenvalue weighted by molar-refractivity contribution is 0.295. The molecule has 1 aromatic rings. The zero-order valence-electron chi connectivity index (χ0n) is 10.0. The maximum atomic E-state index is 11.4. The van der Waals surface area contributed by atoms with Crippen molar-refractivity contribution in [2.75, 3.05) is 18.9 Å². The van der Waals surface area contributed by atoms with Crippen molar-refractivity contribution in [1.29, 1.82) is 0 Å². The van der Waals surface area contributed by atoms with Crippen LogP contribution < -0.4 is 4.72 Å². The van der Waals surface area contributed by atoms with E-state index in [1.54, 1.807) is 0 Å². The normalized spacial score (nSPS) is 11.6. The molecule has 17 heavy (non-hydrogen) atoms. The molecule has 0 heterocycles. The standard InChI is InChI=1S/C12H19NO3S/c1-11-4-2-5-12(10-11)6-7-13-17(15,16)9-3-8-14/h2,4-5,10,13-14H,3,6-9H2,1H3. The van der Waals surface area contributed by atoms with Crippen LogP contribution in [-0.4, -0.2) is 32.4 Å². The average molecular weight is 257 g/mol. The summed E-state index contributed by atoms with van der Waals surface area (Å²) in [6, 6.07) is 8.00. The molecule has 0 amide bonds. The fourth-order valence-electron chi connectivity index (χ4n) is 1.55. The number of aliphatic hydroxyl groups excluding tert-OH is 1. The van der Waals surface area contributed by atoms with Crippen molar-refractivity contribution in [1.82, 2.24) is 4.72 Å². The van der Waals surface area contributed by atoms with E-state index in [2.05, 4.69) is 4.72 Å². The molecule has 0 aliphatic carbocycles. The van der Waals surface area contributed by atoms with Crippen molar-refractivity contribution in [2.24, 2.45) is 0 Å². The minimum absolute atomic E-state index is 0.0166. The van der Waals surface area contributed by atoms with Gasteiger partial charge in [-0.3, -0.25) is 0 Å². The summed E-state index contributed by atoms with van der Waals surface area (Å²) >= 11 is 0. The molecule has 0 aromatic heterocycles. The molecule has 0 fully saturated rings. The summed E-state index contributed by atoms with van der Waals surface area (Å²) in [5, 5.41) is 8.57. The van der Waals surface area contributed by atoms with Crippen molar-refractivity contribution in [2.45, 2.75) is 19.8 Å². The second-order valence-electron chi connectivity index (χ2n) is 4.03. The van der Waals surface area contributed by atoms with E-state index in [1.165, 1.54) is 5.56 Å². The molecular weight excluding hydrogens is 238 g/mol. The topological polar surface area (TPSA) is 66.4 Å². The lowest BCUT2D eigenvalue weighted by Gasteiger charge is -2.06. The molecular formula is C12H19NO3S. The second kappa shape index (κ2) is 6.74. The Labute approximate surface area is 103 Å². The van der Waals surface area contributed by atoms with Crippen LogP contribution in [0.25, 0.3) is 0 Å². The number of aliphatic hydroxyl groups is 1. The van der Waals surface area contributed by atoms with Gasteiger partial charge in [0.1, 0.15) is 0 Å². The minimum Gasteiger partial charge on any atom is -0.396 e. The Morgan fingerprint density at radius 2 is 2.12 bits per heavy atom. The van der Waals surface area contributed by atoms with E-state index < -0.39 is 10.0 Å². The first-order valence-electron chi connectivity index (χ1n) is 5.67. The fourth-order valence-corrected chi connectivity index (χ4v) is 2.61. The van der Waals surface area contributed by atoms with Crippen LogP contribution in [0.5, 0.6) is 0 Å². The van der Waals surface area contributed by atoms with Crippen molar-refractivity contribution in [3.05, 3.63) is 35.4 Å². The third-order valence-electron chi connectivity index (χ3n) is 2.39. The summed E-state index contributed by atoms with van der Waals surface area (Å²) in [6.07, 6.45) is 0.958. The number of rotatable bonds is 7. The van der Waals surface area contributed by atoms with Crippen LogP contribution in [0.2, 0.25) is 0 Å². The van der Waals surface area contributed by atoms with E-state index in [1.807, 2.05) is 31.2 Å². The number of aryl methyl sites for hydroxylation is 1. The molecule has 1 aromatic carbocycles. The largest absolute Gasteiger partial charge is 0.396 e. The predicted molar refractivity (Wildman–Crippen MR) is 68.4 cm³/mol. The Kier molecular flexibility index (Phi) is 5.61. The lowest BCUT2D eigenvalue weighted by Crippen LogP contribution is -2.28. The first-order chi connectivity index (χ1) is 8.03. The van der Waals surface area contributed by atoms with Crippen LogP contribution in [0.4, 0.5) is 0 Å². The summed E-state index contributed by atoms with van der Waals surface area (Å²) in [5.74, 6) is -0.0166. The van der Waals surface area contributed by atoms with Crippen molar-refractivity contribution in [3.8, 4) is 0 Å². The van der Waals surface area contributed by atoms with Crippen molar-refractivity contribution in [3.63, 3.8) is 0 Å². The highest BCUT2D eigenvalue weighted by molar-refractivity contribution is 7.89. The second-order valence-corrected chi connectivity index (χ2v) is 5.96. The molecule has 0 saturated carbocycles. The van der Waals surface area contributed by atoms with Gasteiger partial charge in [-0.05, 0) is 25.3 Å². The van der Waals surface area contributed by atoms with E-state index in [-0.39, 0.29) is 18.8 Å². The molecule has 0 saturated heterocycles. The molecule has 2 N–H and O–H groups in total. The van der Waals surface area contributed by atoms with E-state index in [0.29, 0.717) is 13.0 Å². The van der Waals surface area contributed by atoms with Gasteiger partial charge in [-0.2, -0.15) is 0 Å². The van der Waals surface area contributed by atoms with Gasteiger partial charge in [0.2, 0.25) is 10.0 Å². The Morgan fingerprint density at radius 3 is 2.76 bits per heavy atom. The van der Waals surface area contributed by atoms with Gasteiger partial charge >= 0.3 is 0 Å². The van der Waals surface area contributed by atoms with Crippen LogP contribution in [0.1, 0.15) is 17.5 Å². The van der Waals surface area contributed by atoms with Gasteiger partial charge in [0.15, 0.2) is 0 Å². The van der Waals surface area contributed by atoms with Crippen molar-refractivity contribution >= 4 is 10.0 Å². The number of benzene rings is 1. The molecule has 0 aliphatic rings. The average Bonchev–Trinajstić information content (AvgIpc) is 2.26. The van der Waals surface area contributed by atoms with Crippen molar-refractivity contribution < 1.29 is 13.5 Å². The van der Waals surface area contributed by atoms with Gasteiger partial charge in [-0.25, -0.2) is 13.1 Å². The third kappa shape index (κ3) is 5.81. The lowest BCUT2D eigenvalue weighted by atomic mass is 10.1. The van der Waals surface area contributed by atoms with E-state index >= 15 is 0 Å². The summed E-state index contributed by atoms with van der Waals surface area (Å²) in [6.45, 7) is 2.31. The fraction of sp³-hybridized carbons (Fsp3) is 0.500. The number of hydrogen-bond acceptors (Lipinski definition) is 3. The summed E-state index contributed by atoms with van der Waals surface area (Å²) < 4.78 is 25.4. The first-order valence-corrected chi connectivity index (χ1v) is 7.32. The van der Waals surface area contributed by atoms with Crippen LogP contribution in [-0.2, 0) is 16.4 Å². The SMILES string of the molecule is Cc1cccc(CCNS(=O)(=O)CCCO)c1. The Bertz CT molecular complexity index is 443. The molecule has 0 aliphatic heterocycles. The Morgan fingerprint density at radius 1 is 1.35 bits per heavy atom. The number of nitrogens with one attached hydrogen (secondary N) is 1. The quantitative estimate of drug-likeness (QED) is 0.760. The predicted octanol–water partition coefficient (Wildman–Crippen LogP) is 0.839. The zero-order valence-corrected chi connectivity index (χ0v) is 10.8. The Hall–Kier alpha value is -0.910. The minimum atomic E-state index is -3.23. The van der Waals surface area contributed by atoms with E-state index in [4.69, 9.17) is 5.11 Å². The molecule has 0 radical (unpaired) electrons. The molecule has 96 valence electrons. The van der Waals surface area contributed by atoms with E-state index in [0.717, 1.165) is 5.56 Å². The summed E-state index contributed by atoms with van der Waals surface area (Å²) in [5.41, 5.74) is 2.29. The first kappa shape index (κ1) is 14.2. The maximum Gasteiger partial charge on any atom is 0.211 e. The maximum absolute atomic E-state index is 11.4. The summed E-state index contributed by atoms with van der Waals surface area (Å²) in [7, 11) is -3.23. The molecule has 0 bridgehead atoms. The monoisotopic (exact) mass is 257 g/mol. The van der Waals surface area contributed by atoms with Gasteiger partial charge < -0.3 is 5.11 Å². The molecule has 5 heteroatoms. The highest BCUT2D eigenvalue weighted by Gasteiger charge is 2.08. The number of sulfonamides is 1. The van der Waals surface area contributed by atoms with Gasteiger partial charge in [0.25, 0.3) is 0 Å². The van der Waals surface area contributed by atoms with Crippen LogP contribution in [0.3, 0.4) is 0 Å². The van der Waals surface area contributed by atoms with Crippen LogP contribution >= 0.6 is 0 Å². The molecule has 1 rings (SSSR count). The molecule has 0 atom stereocenters. The highest BCUT2D eigenvalue weighted by Crippen LogP contribution is 2.04. The van der Waals surface area contributed by atoms with Gasteiger partial charge in [0, 0.05) is 13.2 Å². The van der Waals surface area contributed by atoms with Gasteiger partial charge in [0.05, 0.1) is 5.75 Å². The molecule has 4 nitrogen and oxygen atoms in total. The number of hydrogen-bond donors (Lipinski definition) is 2. The summed E-state index contributed by atoms with van der Waals surface area (Å²) in [4.78, 5) is 0. The molecule has 0 spiro atoms. The van der Waals surface area contributed by atoms with Gasteiger partial charge in [-0.1, -0.05) is 29.8 Å². The smallest absolute Gasteiger partial charge is 0.211 e.